The van der Waals surface area contributed by atoms with Crippen molar-refractivity contribution >= 4 is 5.97 Å². The van der Waals surface area contributed by atoms with Crippen LogP contribution < -0.4 is 4.74 Å². The number of aromatic nitrogens is 2. The van der Waals surface area contributed by atoms with E-state index in [2.05, 4.69) is 23.8 Å². The number of ether oxygens (including phenoxy) is 1. The number of benzene rings is 1. The third-order valence-electron chi connectivity index (χ3n) is 9.18. The SMILES string of the molecule is CCCCCCCC1CCC(C(=O)Oc2ccc(-c3ncc([C@H]4CC[C@H](CCCC)CC4)cn3)cc2)CC1. The lowest BCUT2D eigenvalue weighted by Crippen LogP contribution is -2.25. The van der Waals surface area contributed by atoms with Crippen LogP contribution in [0.5, 0.6) is 5.75 Å². The molecule has 1 aromatic heterocycles. The van der Waals surface area contributed by atoms with Crippen LogP contribution in [0, 0.1) is 17.8 Å². The monoisotopic (exact) mass is 518 g/mol. The Morgan fingerprint density at radius 1 is 0.737 bits per heavy atom. The van der Waals surface area contributed by atoms with Crippen molar-refractivity contribution in [3.8, 4) is 17.1 Å². The summed E-state index contributed by atoms with van der Waals surface area (Å²) in [5.41, 5.74) is 2.23. The van der Waals surface area contributed by atoms with E-state index in [4.69, 9.17) is 4.74 Å². The molecule has 2 aromatic rings. The standard InChI is InChI=1S/C34H50N2O2/c1-3-5-7-8-9-11-27-14-18-30(19-15-27)34(37)38-32-22-20-29(21-23-32)33-35-24-31(25-36-33)28-16-12-26(13-17-28)10-6-4-2/h20-28,30H,3-19H2,1-2H3/t26-,27?,28-,30?. The lowest BCUT2D eigenvalue weighted by molar-refractivity contribution is -0.140. The minimum Gasteiger partial charge on any atom is -0.426 e. The fourth-order valence-corrected chi connectivity index (χ4v) is 6.57. The van der Waals surface area contributed by atoms with Gasteiger partial charge in [-0.3, -0.25) is 4.79 Å². The number of unbranched alkanes of at least 4 members (excludes halogenated alkanes) is 5. The van der Waals surface area contributed by atoms with Crippen molar-refractivity contribution in [3.05, 3.63) is 42.2 Å². The van der Waals surface area contributed by atoms with Gasteiger partial charge in [-0.25, -0.2) is 9.97 Å². The maximum Gasteiger partial charge on any atom is 0.314 e. The Morgan fingerprint density at radius 2 is 1.32 bits per heavy atom. The summed E-state index contributed by atoms with van der Waals surface area (Å²) in [5.74, 6) is 3.65. The highest BCUT2D eigenvalue weighted by Crippen LogP contribution is 2.37. The van der Waals surface area contributed by atoms with Gasteiger partial charge in [0.1, 0.15) is 5.75 Å². The topological polar surface area (TPSA) is 52.1 Å². The molecule has 0 unspecified atom stereocenters. The zero-order chi connectivity index (χ0) is 26.6. The maximum absolute atomic E-state index is 12.8. The molecule has 0 N–H and O–H groups in total. The molecular weight excluding hydrogens is 468 g/mol. The van der Waals surface area contributed by atoms with E-state index in [1.807, 2.05) is 36.7 Å². The van der Waals surface area contributed by atoms with E-state index >= 15 is 0 Å². The van der Waals surface area contributed by atoms with Crippen LogP contribution in [0.1, 0.15) is 134 Å². The molecule has 1 aromatic carbocycles. The van der Waals surface area contributed by atoms with Gasteiger partial charge in [-0.1, -0.05) is 71.6 Å². The number of carbonyl (C=O) groups excluding carboxylic acids is 1. The summed E-state index contributed by atoms with van der Waals surface area (Å²) in [5, 5.41) is 0. The van der Waals surface area contributed by atoms with E-state index in [9.17, 15) is 4.79 Å². The first-order chi connectivity index (χ1) is 18.7. The Morgan fingerprint density at radius 3 is 1.95 bits per heavy atom. The highest BCUT2D eigenvalue weighted by molar-refractivity contribution is 5.75. The van der Waals surface area contributed by atoms with Crippen LogP contribution >= 0.6 is 0 Å². The minimum atomic E-state index is -0.0656. The van der Waals surface area contributed by atoms with Gasteiger partial charge < -0.3 is 4.74 Å². The van der Waals surface area contributed by atoms with Gasteiger partial charge in [0.15, 0.2) is 5.82 Å². The first-order valence-electron chi connectivity index (χ1n) is 15.8. The molecule has 4 heteroatoms. The summed E-state index contributed by atoms with van der Waals surface area (Å²) in [7, 11) is 0. The van der Waals surface area contributed by atoms with E-state index in [1.165, 1.54) is 102 Å². The third-order valence-corrected chi connectivity index (χ3v) is 9.18. The second kappa shape index (κ2) is 15.4. The van der Waals surface area contributed by atoms with Gasteiger partial charge in [0.25, 0.3) is 0 Å². The van der Waals surface area contributed by atoms with Gasteiger partial charge in [-0.15, -0.1) is 0 Å². The molecule has 2 aliphatic rings. The molecular formula is C34H50N2O2. The van der Waals surface area contributed by atoms with E-state index in [1.54, 1.807) is 0 Å². The number of rotatable bonds is 13. The van der Waals surface area contributed by atoms with Crippen molar-refractivity contribution < 1.29 is 9.53 Å². The molecule has 4 rings (SSSR count). The summed E-state index contributed by atoms with van der Waals surface area (Å²) in [6, 6.07) is 7.69. The molecule has 0 amide bonds. The molecule has 0 bridgehead atoms. The first kappa shape index (κ1) is 28.8. The van der Waals surface area contributed by atoms with Crippen LogP contribution in [0.2, 0.25) is 0 Å². The summed E-state index contributed by atoms with van der Waals surface area (Å²) < 4.78 is 5.76. The normalized spacial score (nSPS) is 23.7. The average Bonchev–Trinajstić information content (AvgIpc) is 2.97. The Labute approximate surface area is 231 Å². The van der Waals surface area contributed by atoms with Gasteiger partial charge >= 0.3 is 5.97 Å². The van der Waals surface area contributed by atoms with Crippen LogP contribution in [-0.2, 0) is 4.79 Å². The average molecular weight is 519 g/mol. The summed E-state index contributed by atoms with van der Waals surface area (Å²) in [6.45, 7) is 4.55. The molecule has 0 atom stereocenters. The fourth-order valence-electron chi connectivity index (χ4n) is 6.57. The van der Waals surface area contributed by atoms with Crippen molar-refractivity contribution in [2.75, 3.05) is 0 Å². The molecule has 1 heterocycles. The number of esters is 1. The van der Waals surface area contributed by atoms with Gasteiger partial charge in [0, 0.05) is 18.0 Å². The predicted molar refractivity (Wildman–Crippen MR) is 156 cm³/mol. The number of carbonyl (C=O) groups is 1. The molecule has 0 radical (unpaired) electrons. The molecule has 38 heavy (non-hydrogen) atoms. The number of hydrogen-bond acceptors (Lipinski definition) is 4. The summed E-state index contributed by atoms with van der Waals surface area (Å²) >= 11 is 0. The molecule has 208 valence electrons. The van der Waals surface area contributed by atoms with Crippen LogP contribution in [0.3, 0.4) is 0 Å². The van der Waals surface area contributed by atoms with Crippen molar-refractivity contribution in [2.24, 2.45) is 17.8 Å². The van der Waals surface area contributed by atoms with Gasteiger partial charge in [0.05, 0.1) is 5.92 Å². The molecule has 0 aliphatic heterocycles. The van der Waals surface area contributed by atoms with E-state index < -0.39 is 0 Å². The van der Waals surface area contributed by atoms with Gasteiger partial charge in [-0.2, -0.15) is 0 Å². The van der Waals surface area contributed by atoms with Crippen molar-refractivity contribution in [1.29, 1.82) is 0 Å². The molecule has 0 saturated heterocycles. The van der Waals surface area contributed by atoms with Crippen LogP contribution in [0.15, 0.2) is 36.7 Å². The fraction of sp³-hybridized carbons (Fsp3) is 0.676. The van der Waals surface area contributed by atoms with E-state index in [0.29, 0.717) is 11.7 Å². The van der Waals surface area contributed by atoms with Crippen LogP contribution in [0.4, 0.5) is 0 Å². The van der Waals surface area contributed by atoms with Crippen molar-refractivity contribution in [1.82, 2.24) is 9.97 Å². The number of nitrogens with zero attached hydrogens (tertiary/aromatic N) is 2. The molecule has 2 aliphatic carbocycles. The zero-order valence-corrected chi connectivity index (χ0v) is 24.0. The third kappa shape index (κ3) is 8.64. The molecule has 2 fully saturated rings. The Kier molecular flexibility index (Phi) is 11.6. The zero-order valence-electron chi connectivity index (χ0n) is 24.0. The highest BCUT2D eigenvalue weighted by atomic mass is 16.5. The second-order valence-corrected chi connectivity index (χ2v) is 12.1. The molecule has 2 saturated carbocycles. The van der Waals surface area contributed by atoms with E-state index in [-0.39, 0.29) is 11.9 Å². The lowest BCUT2D eigenvalue weighted by Gasteiger charge is -2.28. The Balaban J connectivity index is 1.20. The second-order valence-electron chi connectivity index (χ2n) is 12.1. The Bertz CT molecular complexity index is 939. The summed E-state index contributed by atoms with van der Waals surface area (Å²) in [4.78, 5) is 22.1. The lowest BCUT2D eigenvalue weighted by atomic mass is 9.78. The predicted octanol–water partition coefficient (Wildman–Crippen LogP) is 9.68. The smallest absolute Gasteiger partial charge is 0.314 e. The first-order valence-corrected chi connectivity index (χ1v) is 15.8. The maximum atomic E-state index is 12.8. The molecule has 0 spiro atoms. The Hall–Kier alpha value is -2.23. The quantitative estimate of drug-likeness (QED) is 0.150. The largest absolute Gasteiger partial charge is 0.426 e. The van der Waals surface area contributed by atoms with Gasteiger partial charge in [-0.05, 0) is 98.9 Å². The van der Waals surface area contributed by atoms with Crippen LogP contribution in [0.25, 0.3) is 11.4 Å². The molecule has 4 nitrogen and oxygen atoms in total. The highest BCUT2D eigenvalue weighted by Gasteiger charge is 2.27. The number of hydrogen-bond donors (Lipinski definition) is 0. The van der Waals surface area contributed by atoms with Crippen molar-refractivity contribution in [2.45, 2.75) is 129 Å². The summed E-state index contributed by atoms with van der Waals surface area (Å²) in [6.07, 6.45) is 25.7. The van der Waals surface area contributed by atoms with Gasteiger partial charge in [0.2, 0.25) is 0 Å². The van der Waals surface area contributed by atoms with Crippen LogP contribution in [-0.4, -0.2) is 15.9 Å². The minimum absolute atomic E-state index is 0.0450. The van der Waals surface area contributed by atoms with Crippen molar-refractivity contribution in [3.63, 3.8) is 0 Å². The van der Waals surface area contributed by atoms with E-state index in [0.717, 1.165) is 36.1 Å².